The molecule has 0 radical (unpaired) electrons. The molecule has 18 heavy (non-hydrogen) atoms. The Bertz CT molecular complexity index is 440. The van der Waals surface area contributed by atoms with E-state index in [9.17, 15) is 4.79 Å². The van der Waals surface area contributed by atoms with Gasteiger partial charge >= 0.3 is 0 Å². The van der Waals surface area contributed by atoms with E-state index in [0.717, 1.165) is 31.9 Å². The highest BCUT2D eigenvalue weighted by atomic mass is 16.2. The quantitative estimate of drug-likeness (QED) is 0.857. The van der Waals surface area contributed by atoms with Crippen molar-refractivity contribution in [1.29, 1.82) is 0 Å². The van der Waals surface area contributed by atoms with Gasteiger partial charge in [-0.15, -0.1) is 0 Å². The molecule has 0 bridgehead atoms. The number of rotatable bonds is 2. The second-order valence-electron chi connectivity index (χ2n) is 5.78. The summed E-state index contributed by atoms with van der Waals surface area (Å²) < 4.78 is 2.06. The van der Waals surface area contributed by atoms with Crippen LogP contribution in [-0.2, 0) is 0 Å². The molecule has 4 heteroatoms. The molecular weight excluding hydrogens is 226 g/mol. The topological polar surface area (TPSA) is 37.3 Å². The van der Waals surface area contributed by atoms with Crippen LogP contribution in [0.25, 0.3) is 0 Å². The molecule has 3 rings (SSSR count). The highest BCUT2D eigenvalue weighted by Crippen LogP contribution is 2.27. The van der Waals surface area contributed by atoms with Crippen LogP contribution in [0.2, 0.25) is 0 Å². The lowest BCUT2D eigenvalue weighted by Crippen LogP contribution is -2.33. The molecular formula is C14H21N3O. The van der Waals surface area contributed by atoms with Gasteiger partial charge < -0.3 is 14.8 Å². The van der Waals surface area contributed by atoms with Crippen molar-refractivity contribution in [2.24, 2.45) is 11.8 Å². The van der Waals surface area contributed by atoms with Crippen molar-refractivity contribution in [1.82, 2.24) is 14.8 Å². The summed E-state index contributed by atoms with van der Waals surface area (Å²) in [4.78, 5) is 14.6. The third-order valence-electron chi connectivity index (χ3n) is 4.23. The number of carbonyl (C=O) groups excluding carboxylic acids is 1. The van der Waals surface area contributed by atoms with Gasteiger partial charge in [-0.25, -0.2) is 0 Å². The van der Waals surface area contributed by atoms with Crippen LogP contribution in [0.1, 0.15) is 30.4 Å². The minimum atomic E-state index is 0.197. The number of carbonyl (C=O) groups is 1. The Morgan fingerprint density at radius 1 is 1.33 bits per heavy atom. The van der Waals surface area contributed by atoms with Gasteiger partial charge in [0.15, 0.2) is 0 Å². The molecule has 0 spiro atoms. The van der Waals surface area contributed by atoms with E-state index in [1.54, 1.807) is 0 Å². The molecule has 0 saturated carbocycles. The molecule has 1 N–H and O–H groups in total. The van der Waals surface area contributed by atoms with Crippen LogP contribution in [0.5, 0.6) is 0 Å². The van der Waals surface area contributed by atoms with Crippen molar-refractivity contribution < 1.29 is 4.79 Å². The molecule has 0 unspecified atom stereocenters. The maximum Gasteiger partial charge on any atom is 0.270 e. The van der Waals surface area contributed by atoms with Crippen LogP contribution >= 0.6 is 0 Å². The first-order valence-electron chi connectivity index (χ1n) is 6.83. The van der Waals surface area contributed by atoms with E-state index in [4.69, 9.17) is 0 Å². The summed E-state index contributed by atoms with van der Waals surface area (Å²) in [5, 5.41) is 3.40. The zero-order chi connectivity index (χ0) is 12.7. The first kappa shape index (κ1) is 11.8. The Hall–Kier alpha value is -1.29. The van der Waals surface area contributed by atoms with Gasteiger partial charge in [-0.1, -0.05) is 0 Å². The van der Waals surface area contributed by atoms with E-state index in [2.05, 4.69) is 23.7 Å². The summed E-state index contributed by atoms with van der Waals surface area (Å²) in [6.07, 6.45) is 2.00. The number of amides is 1. The van der Waals surface area contributed by atoms with Crippen molar-refractivity contribution in [3.8, 4) is 0 Å². The van der Waals surface area contributed by atoms with Gasteiger partial charge in [-0.3, -0.25) is 4.79 Å². The molecule has 1 aromatic heterocycles. The number of likely N-dealkylation sites (tertiary alicyclic amines) is 1. The highest BCUT2D eigenvalue weighted by Gasteiger charge is 2.38. The van der Waals surface area contributed by atoms with Crippen molar-refractivity contribution in [3.63, 3.8) is 0 Å². The summed E-state index contributed by atoms with van der Waals surface area (Å²) in [7, 11) is 0. The number of hydrogen-bond acceptors (Lipinski definition) is 2. The molecule has 2 aliphatic rings. The van der Waals surface area contributed by atoms with Crippen LogP contribution < -0.4 is 5.32 Å². The molecule has 2 saturated heterocycles. The van der Waals surface area contributed by atoms with Crippen LogP contribution in [0.15, 0.2) is 18.3 Å². The molecule has 4 nitrogen and oxygen atoms in total. The van der Waals surface area contributed by atoms with Gasteiger partial charge in [0, 0.05) is 38.4 Å². The Morgan fingerprint density at radius 3 is 2.61 bits per heavy atom. The first-order valence-corrected chi connectivity index (χ1v) is 6.83. The van der Waals surface area contributed by atoms with Gasteiger partial charge in [-0.2, -0.15) is 0 Å². The number of fused-ring (bicyclic) bond motifs is 1. The second kappa shape index (κ2) is 4.43. The lowest BCUT2D eigenvalue weighted by molar-refractivity contribution is 0.0769. The predicted molar refractivity (Wildman–Crippen MR) is 70.6 cm³/mol. The van der Waals surface area contributed by atoms with Gasteiger partial charge in [0.1, 0.15) is 5.69 Å². The van der Waals surface area contributed by atoms with Gasteiger partial charge in [0.2, 0.25) is 0 Å². The summed E-state index contributed by atoms with van der Waals surface area (Å²) in [6, 6.07) is 4.24. The predicted octanol–water partition coefficient (Wildman–Crippen LogP) is 1.36. The normalized spacial score (nSPS) is 26.9. The second-order valence-corrected chi connectivity index (χ2v) is 5.78. The van der Waals surface area contributed by atoms with Crippen LogP contribution in [0.3, 0.4) is 0 Å². The third kappa shape index (κ3) is 1.85. The van der Waals surface area contributed by atoms with Crippen LogP contribution in [0.4, 0.5) is 0 Å². The molecule has 2 atom stereocenters. The summed E-state index contributed by atoms with van der Waals surface area (Å²) in [5.41, 5.74) is 0.831. The molecule has 98 valence electrons. The van der Waals surface area contributed by atoms with Crippen molar-refractivity contribution in [2.75, 3.05) is 26.2 Å². The molecule has 0 aromatic carbocycles. The fourth-order valence-corrected chi connectivity index (χ4v) is 3.21. The zero-order valence-electron chi connectivity index (χ0n) is 11.1. The third-order valence-corrected chi connectivity index (χ3v) is 4.23. The molecule has 2 aliphatic heterocycles. The summed E-state index contributed by atoms with van der Waals surface area (Å²) in [5.74, 6) is 1.52. The number of aromatic nitrogens is 1. The Balaban J connectivity index is 1.77. The fourth-order valence-electron chi connectivity index (χ4n) is 3.21. The Kier molecular flexibility index (Phi) is 2.90. The van der Waals surface area contributed by atoms with E-state index >= 15 is 0 Å². The Labute approximate surface area is 108 Å². The molecule has 0 aliphatic carbocycles. The maximum absolute atomic E-state index is 12.5. The zero-order valence-corrected chi connectivity index (χ0v) is 11.1. The van der Waals surface area contributed by atoms with Crippen molar-refractivity contribution in [2.45, 2.75) is 19.9 Å². The highest BCUT2D eigenvalue weighted by molar-refractivity contribution is 5.93. The van der Waals surface area contributed by atoms with E-state index in [-0.39, 0.29) is 5.91 Å². The summed E-state index contributed by atoms with van der Waals surface area (Å²) >= 11 is 0. The molecule has 2 fully saturated rings. The first-order chi connectivity index (χ1) is 8.66. The summed E-state index contributed by atoms with van der Waals surface area (Å²) in [6.45, 7) is 8.19. The molecule has 3 heterocycles. The SMILES string of the molecule is CC(C)n1cccc1C(=O)N1C[C@H]2CNC[C@H]2C1. The van der Waals surface area contributed by atoms with Crippen molar-refractivity contribution in [3.05, 3.63) is 24.0 Å². The average Bonchev–Trinajstić information content (AvgIpc) is 3.02. The largest absolute Gasteiger partial charge is 0.341 e. The Morgan fingerprint density at radius 2 is 2.00 bits per heavy atom. The van der Waals surface area contributed by atoms with E-state index in [0.29, 0.717) is 17.9 Å². The monoisotopic (exact) mass is 247 g/mol. The number of nitrogens with zero attached hydrogens (tertiary/aromatic N) is 2. The van der Waals surface area contributed by atoms with Crippen LogP contribution in [0, 0.1) is 11.8 Å². The van der Waals surface area contributed by atoms with Gasteiger partial charge in [0.25, 0.3) is 5.91 Å². The van der Waals surface area contributed by atoms with Crippen molar-refractivity contribution >= 4 is 5.91 Å². The standard InChI is InChI=1S/C14H21N3O/c1-10(2)17-5-3-4-13(17)14(18)16-8-11-6-15-7-12(11)9-16/h3-5,10-12,15H,6-9H2,1-2H3/t11-,12+. The lowest BCUT2D eigenvalue weighted by Gasteiger charge is -2.20. The molecule has 1 amide bonds. The lowest BCUT2D eigenvalue weighted by atomic mass is 10.0. The number of nitrogens with one attached hydrogen (secondary N) is 1. The minimum absolute atomic E-state index is 0.197. The van der Waals surface area contributed by atoms with Gasteiger partial charge in [-0.05, 0) is 37.8 Å². The minimum Gasteiger partial charge on any atom is -0.341 e. The number of hydrogen-bond donors (Lipinski definition) is 1. The fraction of sp³-hybridized carbons (Fsp3) is 0.643. The van der Waals surface area contributed by atoms with Gasteiger partial charge in [0.05, 0.1) is 0 Å². The average molecular weight is 247 g/mol. The smallest absolute Gasteiger partial charge is 0.270 e. The van der Waals surface area contributed by atoms with E-state index in [1.165, 1.54) is 0 Å². The van der Waals surface area contributed by atoms with Crippen LogP contribution in [-0.4, -0.2) is 41.6 Å². The van der Waals surface area contributed by atoms with E-state index < -0.39 is 0 Å². The molecule has 1 aromatic rings. The van der Waals surface area contributed by atoms with E-state index in [1.807, 2.05) is 23.2 Å². The maximum atomic E-state index is 12.5.